The van der Waals surface area contributed by atoms with Crippen LogP contribution in [-0.2, 0) is 0 Å². The molecule has 29 heavy (non-hydrogen) atoms. The summed E-state index contributed by atoms with van der Waals surface area (Å²) < 4.78 is 52.1. The van der Waals surface area contributed by atoms with E-state index in [1.807, 2.05) is 5.32 Å². The van der Waals surface area contributed by atoms with E-state index in [4.69, 9.17) is 21.7 Å². The maximum atomic E-state index is 13.9. The van der Waals surface area contributed by atoms with Gasteiger partial charge in [0.25, 0.3) is 0 Å². The summed E-state index contributed by atoms with van der Waals surface area (Å²) in [6.45, 7) is 0. The molecule has 156 valence electrons. The lowest BCUT2D eigenvalue weighted by Crippen LogP contribution is -2.72. The Morgan fingerprint density at radius 3 is 2.48 bits per heavy atom. The summed E-state index contributed by atoms with van der Waals surface area (Å²) >= 11 is 5.89. The fourth-order valence-electron chi connectivity index (χ4n) is 3.24. The predicted octanol–water partition coefficient (Wildman–Crippen LogP) is 3.03. The van der Waals surface area contributed by atoms with Gasteiger partial charge in [0.05, 0.1) is 25.1 Å². The Labute approximate surface area is 173 Å². The van der Waals surface area contributed by atoms with Crippen LogP contribution < -0.4 is 20.1 Å². The van der Waals surface area contributed by atoms with Crippen molar-refractivity contribution in [2.75, 3.05) is 14.2 Å². The SMILES string of the molecule is COc1ccc(C2NC(=S)NC(O)(C(F)(F)F)C2C(=O)c2cccs2)cc1OC. The predicted molar refractivity (Wildman–Crippen MR) is 104 cm³/mol. The molecule has 2 heterocycles. The molecule has 1 saturated heterocycles. The number of nitrogens with one attached hydrogen (secondary N) is 2. The fraction of sp³-hybridized carbons (Fsp3) is 0.333. The summed E-state index contributed by atoms with van der Waals surface area (Å²) in [5, 5.41) is 16.3. The van der Waals surface area contributed by atoms with Gasteiger partial charge in [-0.05, 0) is 41.4 Å². The first-order valence-corrected chi connectivity index (χ1v) is 9.58. The maximum absolute atomic E-state index is 13.9. The molecule has 0 amide bonds. The van der Waals surface area contributed by atoms with Crippen LogP contribution in [-0.4, -0.2) is 42.1 Å². The first-order chi connectivity index (χ1) is 13.6. The Kier molecular flexibility index (Phi) is 5.74. The molecule has 1 aromatic carbocycles. The Hall–Kier alpha value is -2.37. The van der Waals surface area contributed by atoms with Gasteiger partial charge in [-0.15, -0.1) is 11.3 Å². The molecular formula is C18H17F3N2O4S2. The number of Topliss-reactive ketones (excluding diaryl/α,β-unsaturated/α-hetero) is 1. The molecule has 1 aromatic heterocycles. The van der Waals surface area contributed by atoms with Crippen molar-refractivity contribution >= 4 is 34.5 Å². The molecule has 0 radical (unpaired) electrons. The number of hydrogen-bond acceptors (Lipinski definition) is 6. The number of carbonyl (C=O) groups is 1. The minimum Gasteiger partial charge on any atom is -0.493 e. The molecule has 1 aliphatic rings. The number of hydrogen-bond donors (Lipinski definition) is 3. The zero-order chi connectivity index (χ0) is 21.4. The monoisotopic (exact) mass is 446 g/mol. The number of carbonyl (C=O) groups excluding carboxylic acids is 1. The highest BCUT2D eigenvalue weighted by atomic mass is 32.1. The topological polar surface area (TPSA) is 79.8 Å². The summed E-state index contributed by atoms with van der Waals surface area (Å²) in [6.07, 6.45) is -5.18. The number of ether oxygens (including phenoxy) is 2. The lowest BCUT2D eigenvalue weighted by molar-refractivity contribution is -0.285. The fourth-order valence-corrected chi connectivity index (χ4v) is 4.22. The van der Waals surface area contributed by atoms with Crippen molar-refractivity contribution in [3.05, 3.63) is 46.2 Å². The Morgan fingerprint density at radius 1 is 1.24 bits per heavy atom. The number of rotatable bonds is 5. The van der Waals surface area contributed by atoms with Gasteiger partial charge in [0.2, 0.25) is 5.72 Å². The van der Waals surface area contributed by atoms with Gasteiger partial charge >= 0.3 is 6.18 Å². The number of alkyl halides is 3. The summed E-state index contributed by atoms with van der Waals surface area (Å²) in [5.74, 6) is -2.21. The highest BCUT2D eigenvalue weighted by molar-refractivity contribution is 7.80. The van der Waals surface area contributed by atoms with Gasteiger partial charge in [-0.3, -0.25) is 4.79 Å². The minimum absolute atomic E-state index is 0.0829. The lowest BCUT2D eigenvalue weighted by atomic mass is 9.78. The van der Waals surface area contributed by atoms with Crippen LogP contribution in [0.5, 0.6) is 11.5 Å². The number of thiocarbonyl (C=S) groups is 1. The van der Waals surface area contributed by atoms with Crippen molar-refractivity contribution < 1.29 is 32.5 Å². The third-order valence-electron chi connectivity index (χ3n) is 4.62. The quantitative estimate of drug-likeness (QED) is 0.481. The number of halogens is 3. The number of thiophene rings is 1. The molecular weight excluding hydrogens is 429 g/mol. The zero-order valence-corrected chi connectivity index (χ0v) is 16.9. The lowest BCUT2D eigenvalue weighted by Gasteiger charge is -2.46. The van der Waals surface area contributed by atoms with Crippen LogP contribution in [0.15, 0.2) is 35.7 Å². The molecule has 0 aliphatic carbocycles. The molecule has 11 heteroatoms. The van der Waals surface area contributed by atoms with Crippen molar-refractivity contribution in [2.24, 2.45) is 5.92 Å². The highest BCUT2D eigenvalue weighted by Gasteiger charge is 2.65. The van der Waals surface area contributed by atoms with E-state index in [0.717, 1.165) is 11.3 Å². The standard InChI is InChI=1S/C18H17F3N2O4S2/c1-26-10-6-5-9(8-11(10)27-2)14-13(15(24)12-4-3-7-29-12)17(25,18(19,20)21)23-16(28)22-14/h3-8,13-14,25H,1-2H3,(H2,22,23,28). The van der Waals surface area contributed by atoms with Gasteiger partial charge < -0.3 is 25.2 Å². The molecule has 0 saturated carbocycles. The average molecular weight is 446 g/mol. The zero-order valence-electron chi connectivity index (χ0n) is 15.2. The van der Waals surface area contributed by atoms with E-state index in [9.17, 15) is 23.1 Å². The van der Waals surface area contributed by atoms with E-state index in [1.54, 1.807) is 11.4 Å². The second-order valence-corrected chi connectivity index (χ2v) is 7.63. The minimum atomic E-state index is -5.18. The van der Waals surface area contributed by atoms with Crippen LogP contribution in [0.1, 0.15) is 21.3 Å². The summed E-state index contributed by atoms with van der Waals surface area (Å²) in [4.78, 5) is 13.1. The van der Waals surface area contributed by atoms with E-state index in [-0.39, 0.29) is 16.2 Å². The molecule has 6 nitrogen and oxygen atoms in total. The number of benzene rings is 1. The summed E-state index contributed by atoms with van der Waals surface area (Å²) in [6, 6.07) is 6.10. The molecule has 0 spiro atoms. The first kappa shape index (κ1) is 21.3. The smallest absolute Gasteiger partial charge is 0.437 e. The van der Waals surface area contributed by atoms with Crippen molar-refractivity contribution in [2.45, 2.75) is 17.9 Å². The Balaban J connectivity index is 2.17. The largest absolute Gasteiger partial charge is 0.493 e. The average Bonchev–Trinajstić information content (AvgIpc) is 3.20. The number of methoxy groups -OCH3 is 2. The summed E-state index contributed by atoms with van der Waals surface area (Å²) in [7, 11) is 2.80. The first-order valence-electron chi connectivity index (χ1n) is 8.29. The molecule has 3 atom stereocenters. The number of ketones is 1. The van der Waals surface area contributed by atoms with Crippen molar-refractivity contribution in [3.8, 4) is 11.5 Å². The van der Waals surface area contributed by atoms with Crippen LogP contribution in [0.3, 0.4) is 0 Å². The maximum Gasteiger partial charge on any atom is 0.437 e. The summed E-state index contributed by atoms with van der Waals surface area (Å²) in [5.41, 5.74) is -3.29. The highest BCUT2D eigenvalue weighted by Crippen LogP contribution is 2.45. The van der Waals surface area contributed by atoms with E-state index in [1.165, 1.54) is 38.5 Å². The van der Waals surface area contributed by atoms with Crippen molar-refractivity contribution in [1.29, 1.82) is 0 Å². The third kappa shape index (κ3) is 3.77. The third-order valence-corrected chi connectivity index (χ3v) is 5.72. The Morgan fingerprint density at radius 2 is 1.93 bits per heavy atom. The Bertz CT molecular complexity index is 920. The van der Waals surface area contributed by atoms with Gasteiger partial charge in [0.1, 0.15) is 5.92 Å². The van der Waals surface area contributed by atoms with Gasteiger partial charge in [-0.1, -0.05) is 12.1 Å². The van der Waals surface area contributed by atoms with Gasteiger partial charge in [-0.25, -0.2) is 0 Å². The molecule has 3 N–H and O–H groups in total. The molecule has 3 rings (SSSR count). The van der Waals surface area contributed by atoms with Gasteiger partial charge in [-0.2, -0.15) is 13.2 Å². The molecule has 3 unspecified atom stereocenters. The van der Waals surface area contributed by atoms with Gasteiger partial charge in [0, 0.05) is 0 Å². The van der Waals surface area contributed by atoms with Gasteiger partial charge in [0.15, 0.2) is 22.4 Å². The van der Waals surface area contributed by atoms with E-state index >= 15 is 0 Å². The van der Waals surface area contributed by atoms with Crippen LogP contribution in [0, 0.1) is 5.92 Å². The molecule has 2 aromatic rings. The molecule has 1 aliphatic heterocycles. The van der Waals surface area contributed by atoms with Crippen LogP contribution in [0.25, 0.3) is 0 Å². The van der Waals surface area contributed by atoms with Crippen molar-refractivity contribution in [1.82, 2.24) is 10.6 Å². The molecule has 1 fully saturated rings. The number of aliphatic hydroxyl groups is 1. The molecule has 0 bridgehead atoms. The van der Waals surface area contributed by atoms with E-state index in [2.05, 4.69) is 5.32 Å². The van der Waals surface area contributed by atoms with Crippen LogP contribution >= 0.6 is 23.6 Å². The van der Waals surface area contributed by atoms with Crippen molar-refractivity contribution in [3.63, 3.8) is 0 Å². The van der Waals surface area contributed by atoms with Crippen LogP contribution in [0.2, 0.25) is 0 Å². The normalized spacial score (nSPS) is 24.4. The second kappa shape index (κ2) is 7.81. The second-order valence-electron chi connectivity index (χ2n) is 6.27. The van der Waals surface area contributed by atoms with Crippen LogP contribution in [0.4, 0.5) is 13.2 Å². The van der Waals surface area contributed by atoms with E-state index < -0.39 is 34.8 Å². The van der Waals surface area contributed by atoms with E-state index in [0.29, 0.717) is 5.75 Å².